The summed E-state index contributed by atoms with van der Waals surface area (Å²) >= 11 is 0. The molecule has 0 aliphatic heterocycles. The van der Waals surface area contributed by atoms with E-state index in [0.29, 0.717) is 5.75 Å². The molecule has 0 aromatic heterocycles. The van der Waals surface area contributed by atoms with Crippen LogP contribution in [0.5, 0.6) is 5.75 Å². The molecule has 0 N–H and O–H groups in total. The third kappa shape index (κ3) is 3.70. The molecule has 1 rings (SSSR count). The van der Waals surface area contributed by atoms with Crippen LogP contribution in [-0.2, 0) is 11.2 Å². The van der Waals surface area contributed by atoms with Crippen molar-refractivity contribution in [2.45, 2.75) is 26.2 Å². The standard InChI is InChI=1S/C12H15FO2/c1-2-3-6-10-7-4-5-8-11(10)15-12(14)9-13/h4-5,7-8H,2-3,6,9H2,1H3. The highest BCUT2D eigenvalue weighted by molar-refractivity contribution is 5.73. The molecule has 0 radical (unpaired) electrons. The summed E-state index contributed by atoms with van der Waals surface area (Å²) in [5.74, 6) is -0.354. The summed E-state index contributed by atoms with van der Waals surface area (Å²) in [7, 11) is 0. The van der Waals surface area contributed by atoms with E-state index < -0.39 is 12.6 Å². The fraction of sp³-hybridized carbons (Fsp3) is 0.417. The van der Waals surface area contributed by atoms with Gasteiger partial charge in [0.05, 0.1) is 0 Å². The number of aryl methyl sites for hydroxylation is 1. The van der Waals surface area contributed by atoms with E-state index in [0.717, 1.165) is 24.8 Å². The third-order valence-electron chi connectivity index (χ3n) is 2.11. The van der Waals surface area contributed by atoms with Crippen molar-refractivity contribution in [1.29, 1.82) is 0 Å². The molecule has 0 saturated heterocycles. The maximum atomic E-state index is 12.0. The van der Waals surface area contributed by atoms with Gasteiger partial charge in [-0.1, -0.05) is 31.5 Å². The van der Waals surface area contributed by atoms with Crippen LogP contribution in [0.1, 0.15) is 25.3 Å². The van der Waals surface area contributed by atoms with Crippen molar-refractivity contribution < 1.29 is 13.9 Å². The summed E-state index contributed by atoms with van der Waals surface area (Å²) in [6.07, 6.45) is 2.96. The maximum Gasteiger partial charge on any atom is 0.342 e. The quantitative estimate of drug-likeness (QED) is 0.551. The van der Waals surface area contributed by atoms with Crippen LogP contribution in [0.3, 0.4) is 0 Å². The molecule has 0 atom stereocenters. The highest BCUT2D eigenvalue weighted by Gasteiger charge is 2.07. The SMILES string of the molecule is CCCCc1ccccc1OC(=O)CF. The number of carbonyl (C=O) groups is 1. The van der Waals surface area contributed by atoms with Crippen LogP contribution in [-0.4, -0.2) is 12.6 Å². The lowest BCUT2D eigenvalue weighted by Crippen LogP contribution is -2.10. The van der Waals surface area contributed by atoms with Gasteiger partial charge in [0.25, 0.3) is 0 Å². The number of esters is 1. The summed E-state index contributed by atoms with van der Waals surface area (Å²) in [6, 6.07) is 7.25. The molecular formula is C12H15FO2. The topological polar surface area (TPSA) is 26.3 Å². The highest BCUT2D eigenvalue weighted by atomic mass is 19.1. The average Bonchev–Trinajstić information content (AvgIpc) is 2.28. The van der Waals surface area contributed by atoms with Crippen molar-refractivity contribution in [2.75, 3.05) is 6.67 Å². The van der Waals surface area contributed by atoms with Gasteiger partial charge in [0.15, 0.2) is 6.67 Å². The number of alkyl halides is 1. The molecule has 0 bridgehead atoms. The summed E-state index contributed by atoms with van der Waals surface area (Å²) in [5, 5.41) is 0. The van der Waals surface area contributed by atoms with Crippen molar-refractivity contribution in [1.82, 2.24) is 0 Å². The van der Waals surface area contributed by atoms with E-state index in [1.807, 2.05) is 12.1 Å². The van der Waals surface area contributed by atoms with Gasteiger partial charge < -0.3 is 4.74 Å². The first-order chi connectivity index (χ1) is 7.27. The number of rotatable bonds is 5. The second-order valence-corrected chi connectivity index (χ2v) is 3.32. The molecule has 1 aromatic carbocycles. The first-order valence-corrected chi connectivity index (χ1v) is 5.12. The first kappa shape index (κ1) is 11.7. The van der Waals surface area contributed by atoms with Crippen LogP contribution in [0.4, 0.5) is 4.39 Å². The number of ether oxygens (including phenoxy) is 1. The first-order valence-electron chi connectivity index (χ1n) is 5.12. The minimum absolute atomic E-state index is 0.480. The average molecular weight is 210 g/mol. The molecule has 2 nitrogen and oxygen atoms in total. The predicted octanol–water partition coefficient (Wildman–Crippen LogP) is 2.90. The summed E-state index contributed by atoms with van der Waals surface area (Å²) < 4.78 is 16.9. The van der Waals surface area contributed by atoms with E-state index in [1.54, 1.807) is 12.1 Å². The minimum atomic E-state index is -1.08. The molecule has 3 heteroatoms. The number of hydrogen-bond acceptors (Lipinski definition) is 2. The van der Waals surface area contributed by atoms with Crippen molar-refractivity contribution in [3.8, 4) is 5.75 Å². The molecule has 0 saturated carbocycles. The monoisotopic (exact) mass is 210 g/mol. The zero-order chi connectivity index (χ0) is 11.1. The Morgan fingerprint density at radius 3 is 2.80 bits per heavy atom. The molecule has 1 aromatic rings. The van der Waals surface area contributed by atoms with E-state index in [1.165, 1.54) is 0 Å². The Kier molecular flexibility index (Phi) is 4.81. The molecular weight excluding hydrogens is 195 g/mol. The summed E-state index contributed by atoms with van der Waals surface area (Å²) in [4.78, 5) is 10.8. The second kappa shape index (κ2) is 6.17. The summed E-state index contributed by atoms with van der Waals surface area (Å²) in [6.45, 7) is 1.01. The zero-order valence-corrected chi connectivity index (χ0v) is 8.83. The maximum absolute atomic E-state index is 12.0. The largest absolute Gasteiger partial charge is 0.424 e. The van der Waals surface area contributed by atoms with E-state index in [-0.39, 0.29) is 0 Å². The van der Waals surface area contributed by atoms with Gasteiger partial charge in [-0.15, -0.1) is 0 Å². The molecule has 0 amide bonds. The molecule has 0 aliphatic rings. The lowest BCUT2D eigenvalue weighted by atomic mass is 10.1. The van der Waals surface area contributed by atoms with Crippen LogP contribution in [0.2, 0.25) is 0 Å². The third-order valence-corrected chi connectivity index (χ3v) is 2.11. The molecule has 0 aliphatic carbocycles. The smallest absolute Gasteiger partial charge is 0.342 e. The van der Waals surface area contributed by atoms with Gasteiger partial charge in [-0.3, -0.25) is 0 Å². The van der Waals surface area contributed by atoms with Crippen LogP contribution in [0, 0.1) is 0 Å². The highest BCUT2D eigenvalue weighted by Crippen LogP contribution is 2.20. The zero-order valence-electron chi connectivity index (χ0n) is 8.83. The molecule has 82 valence electrons. The molecule has 0 heterocycles. The van der Waals surface area contributed by atoms with Crippen LogP contribution in [0.25, 0.3) is 0 Å². The molecule has 15 heavy (non-hydrogen) atoms. The van der Waals surface area contributed by atoms with Gasteiger partial charge >= 0.3 is 5.97 Å². The summed E-state index contributed by atoms with van der Waals surface area (Å²) in [5.41, 5.74) is 0.959. The number of benzene rings is 1. The Balaban J connectivity index is 2.72. The lowest BCUT2D eigenvalue weighted by Gasteiger charge is -2.07. The Labute approximate surface area is 89.1 Å². The number of halogens is 1. The number of hydrogen-bond donors (Lipinski definition) is 0. The van der Waals surface area contributed by atoms with E-state index in [2.05, 4.69) is 6.92 Å². The fourth-order valence-electron chi connectivity index (χ4n) is 1.33. The predicted molar refractivity (Wildman–Crippen MR) is 56.7 cm³/mol. The number of unbranched alkanes of at least 4 members (excludes halogenated alkanes) is 1. The van der Waals surface area contributed by atoms with Crippen molar-refractivity contribution in [3.05, 3.63) is 29.8 Å². The van der Waals surface area contributed by atoms with E-state index >= 15 is 0 Å². The fourth-order valence-corrected chi connectivity index (χ4v) is 1.33. The van der Waals surface area contributed by atoms with Crippen LogP contribution >= 0.6 is 0 Å². The van der Waals surface area contributed by atoms with Crippen LogP contribution in [0.15, 0.2) is 24.3 Å². The Morgan fingerprint density at radius 1 is 1.40 bits per heavy atom. The van der Waals surface area contributed by atoms with Crippen molar-refractivity contribution in [2.24, 2.45) is 0 Å². The number of carbonyl (C=O) groups excluding carboxylic acids is 1. The Bertz CT molecular complexity index is 323. The van der Waals surface area contributed by atoms with Gasteiger partial charge in [0.2, 0.25) is 0 Å². The normalized spacial score (nSPS) is 10.0. The van der Waals surface area contributed by atoms with E-state index in [9.17, 15) is 9.18 Å². The van der Waals surface area contributed by atoms with Gasteiger partial charge in [-0.25, -0.2) is 9.18 Å². The minimum Gasteiger partial charge on any atom is -0.424 e. The Hall–Kier alpha value is -1.38. The van der Waals surface area contributed by atoms with Crippen LogP contribution < -0.4 is 4.74 Å². The number of para-hydroxylation sites is 1. The van der Waals surface area contributed by atoms with Crippen molar-refractivity contribution >= 4 is 5.97 Å². The molecule has 0 unspecified atom stereocenters. The van der Waals surface area contributed by atoms with Crippen molar-refractivity contribution in [3.63, 3.8) is 0 Å². The van der Waals surface area contributed by atoms with Gasteiger partial charge in [-0.05, 0) is 24.5 Å². The molecule has 0 fully saturated rings. The lowest BCUT2D eigenvalue weighted by molar-refractivity contribution is -0.135. The Morgan fingerprint density at radius 2 is 2.13 bits per heavy atom. The second-order valence-electron chi connectivity index (χ2n) is 3.32. The molecule has 0 spiro atoms. The van der Waals surface area contributed by atoms with Gasteiger partial charge in [0, 0.05) is 0 Å². The van der Waals surface area contributed by atoms with Gasteiger partial charge in [-0.2, -0.15) is 0 Å². The van der Waals surface area contributed by atoms with E-state index in [4.69, 9.17) is 4.74 Å². The van der Waals surface area contributed by atoms with Gasteiger partial charge in [0.1, 0.15) is 5.75 Å².